The van der Waals surface area contributed by atoms with Crippen LogP contribution in [-0.2, 0) is 9.59 Å². The van der Waals surface area contributed by atoms with Gasteiger partial charge in [0, 0.05) is 18.5 Å². The number of fused-ring (bicyclic) bond motifs is 1. The number of piperidine rings is 1. The van der Waals surface area contributed by atoms with Crippen molar-refractivity contribution in [2.24, 2.45) is 10.8 Å². The third kappa shape index (κ3) is 0.882. The van der Waals surface area contributed by atoms with Crippen molar-refractivity contribution in [1.29, 1.82) is 0 Å². The molecule has 76 valence electrons. The lowest BCUT2D eigenvalue weighted by Gasteiger charge is -2.17. The quantitative estimate of drug-likeness (QED) is 0.652. The van der Waals surface area contributed by atoms with Gasteiger partial charge >= 0.3 is 5.97 Å². The number of carbonyl (C=O) groups excluding carboxylic acids is 1. The molecule has 2 rings (SSSR count). The molecule has 2 atom stereocenters. The van der Waals surface area contributed by atoms with Gasteiger partial charge in [-0.25, -0.2) is 0 Å². The summed E-state index contributed by atoms with van der Waals surface area (Å²) in [5.74, 6) is -0.946. The van der Waals surface area contributed by atoms with Crippen molar-refractivity contribution < 1.29 is 14.7 Å². The zero-order valence-corrected chi connectivity index (χ0v) is 8.12. The topological polar surface area (TPSA) is 57.6 Å². The summed E-state index contributed by atoms with van der Waals surface area (Å²) >= 11 is 0. The minimum atomic E-state index is -0.778. The Morgan fingerprint density at radius 3 is 2.57 bits per heavy atom. The number of aliphatic carboxylic acids is 1. The van der Waals surface area contributed by atoms with Crippen LogP contribution >= 0.6 is 0 Å². The Morgan fingerprint density at radius 1 is 1.50 bits per heavy atom. The molecule has 0 unspecified atom stereocenters. The predicted octanol–water partition coefficient (Wildman–Crippen LogP) is 0.496. The molecule has 1 saturated heterocycles. The summed E-state index contributed by atoms with van der Waals surface area (Å²) in [6, 6.07) is 0. The zero-order chi connectivity index (χ0) is 10.6. The average Bonchev–Trinajstić information content (AvgIpc) is 2.60. The molecule has 1 aliphatic carbocycles. The fraction of sp³-hybridized carbons (Fsp3) is 0.600. The molecular formula is C10H13NO3. The van der Waals surface area contributed by atoms with Gasteiger partial charge in [-0.3, -0.25) is 9.59 Å². The SMILES string of the molecule is C=CC(=O)N1C[C@@]2(C)C[C@@]2(C(=O)O)C1. The van der Waals surface area contributed by atoms with Gasteiger partial charge in [0.15, 0.2) is 0 Å². The summed E-state index contributed by atoms with van der Waals surface area (Å²) in [7, 11) is 0. The number of hydrogen-bond acceptors (Lipinski definition) is 2. The monoisotopic (exact) mass is 195 g/mol. The Kier molecular flexibility index (Phi) is 1.57. The standard InChI is InChI=1S/C10H13NO3/c1-3-7(12)11-5-9(2)4-10(9,6-11)8(13)14/h3H,1,4-6H2,2H3,(H,13,14)/t9-,10+/m1/s1. The number of rotatable bonds is 2. The van der Waals surface area contributed by atoms with E-state index in [0.29, 0.717) is 19.5 Å². The maximum absolute atomic E-state index is 11.3. The molecule has 1 heterocycles. The third-order valence-electron chi connectivity index (χ3n) is 3.62. The van der Waals surface area contributed by atoms with Crippen molar-refractivity contribution in [3.63, 3.8) is 0 Å². The minimum Gasteiger partial charge on any atom is -0.481 e. The van der Waals surface area contributed by atoms with Crippen molar-refractivity contribution in [2.75, 3.05) is 13.1 Å². The zero-order valence-electron chi connectivity index (χ0n) is 8.12. The predicted molar refractivity (Wildman–Crippen MR) is 49.6 cm³/mol. The molecule has 0 aromatic heterocycles. The van der Waals surface area contributed by atoms with Gasteiger partial charge < -0.3 is 10.0 Å². The number of carbonyl (C=O) groups is 2. The number of amides is 1. The smallest absolute Gasteiger partial charge is 0.312 e. The van der Waals surface area contributed by atoms with Crippen LogP contribution in [0.25, 0.3) is 0 Å². The van der Waals surface area contributed by atoms with Crippen LogP contribution in [0.4, 0.5) is 0 Å². The number of likely N-dealkylation sites (tertiary alicyclic amines) is 1. The van der Waals surface area contributed by atoms with Crippen molar-refractivity contribution in [3.8, 4) is 0 Å². The van der Waals surface area contributed by atoms with Gasteiger partial charge in [-0.15, -0.1) is 0 Å². The average molecular weight is 195 g/mol. The first-order valence-electron chi connectivity index (χ1n) is 4.60. The fourth-order valence-corrected chi connectivity index (χ4v) is 2.57. The van der Waals surface area contributed by atoms with Crippen LogP contribution in [0.3, 0.4) is 0 Å². The molecule has 4 nitrogen and oxygen atoms in total. The van der Waals surface area contributed by atoms with Crippen molar-refractivity contribution in [2.45, 2.75) is 13.3 Å². The molecule has 2 aliphatic rings. The molecule has 14 heavy (non-hydrogen) atoms. The number of carboxylic acids is 1. The molecule has 4 heteroatoms. The summed E-state index contributed by atoms with van der Waals surface area (Å²) in [4.78, 5) is 23.9. The Balaban J connectivity index is 2.19. The highest BCUT2D eigenvalue weighted by atomic mass is 16.4. The summed E-state index contributed by atoms with van der Waals surface area (Å²) in [5, 5.41) is 9.09. The summed E-state index contributed by atoms with van der Waals surface area (Å²) in [6.07, 6.45) is 1.93. The highest BCUT2D eigenvalue weighted by Crippen LogP contribution is 2.68. The first-order valence-corrected chi connectivity index (χ1v) is 4.60. The second kappa shape index (κ2) is 2.38. The van der Waals surface area contributed by atoms with E-state index in [4.69, 9.17) is 5.11 Å². The Labute approximate surface area is 82.2 Å². The van der Waals surface area contributed by atoms with E-state index >= 15 is 0 Å². The number of hydrogen-bond donors (Lipinski definition) is 1. The molecule has 0 radical (unpaired) electrons. The van der Waals surface area contributed by atoms with Crippen LogP contribution in [0.1, 0.15) is 13.3 Å². The summed E-state index contributed by atoms with van der Waals surface area (Å²) in [5.41, 5.74) is -0.886. The van der Waals surface area contributed by atoms with E-state index in [1.54, 1.807) is 4.90 Å². The van der Waals surface area contributed by atoms with Gasteiger partial charge in [0.25, 0.3) is 0 Å². The van der Waals surface area contributed by atoms with E-state index in [0.717, 1.165) is 0 Å². The Morgan fingerprint density at radius 2 is 2.14 bits per heavy atom. The highest BCUT2D eigenvalue weighted by molar-refractivity contribution is 5.90. The molecule has 1 N–H and O–H groups in total. The maximum atomic E-state index is 11.3. The Bertz CT molecular complexity index is 338. The third-order valence-corrected chi connectivity index (χ3v) is 3.62. The molecule has 2 fully saturated rings. The van der Waals surface area contributed by atoms with Gasteiger partial charge in [0.1, 0.15) is 0 Å². The van der Waals surface area contributed by atoms with Gasteiger partial charge in [0.05, 0.1) is 5.41 Å². The molecule has 0 bridgehead atoms. The summed E-state index contributed by atoms with van der Waals surface area (Å²) < 4.78 is 0. The van der Waals surface area contributed by atoms with Crippen LogP contribution in [-0.4, -0.2) is 35.0 Å². The lowest BCUT2D eigenvalue weighted by Crippen LogP contribution is -2.32. The minimum absolute atomic E-state index is 0.168. The van der Waals surface area contributed by atoms with E-state index in [-0.39, 0.29) is 11.3 Å². The molecular weight excluding hydrogens is 182 g/mol. The maximum Gasteiger partial charge on any atom is 0.312 e. The van der Waals surface area contributed by atoms with Gasteiger partial charge in [-0.05, 0) is 12.5 Å². The fourth-order valence-electron chi connectivity index (χ4n) is 2.57. The molecule has 0 aromatic rings. The normalized spacial score (nSPS) is 39.1. The van der Waals surface area contributed by atoms with Gasteiger partial charge in [0.2, 0.25) is 5.91 Å². The number of nitrogens with zero attached hydrogens (tertiary/aromatic N) is 1. The van der Waals surface area contributed by atoms with Crippen molar-refractivity contribution in [3.05, 3.63) is 12.7 Å². The van der Waals surface area contributed by atoms with Crippen molar-refractivity contribution >= 4 is 11.9 Å². The first kappa shape index (κ1) is 9.24. The lowest BCUT2D eigenvalue weighted by atomic mass is 9.99. The van der Waals surface area contributed by atoms with Crippen LogP contribution in [0, 0.1) is 10.8 Å². The van der Waals surface area contributed by atoms with E-state index in [1.807, 2.05) is 6.92 Å². The van der Waals surface area contributed by atoms with E-state index in [9.17, 15) is 9.59 Å². The molecule has 0 spiro atoms. The van der Waals surface area contributed by atoms with Crippen LogP contribution in [0.5, 0.6) is 0 Å². The van der Waals surface area contributed by atoms with Gasteiger partial charge in [-0.1, -0.05) is 13.5 Å². The van der Waals surface area contributed by atoms with Crippen molar-refractivity contribution in [1.82, 2.24) is 4.90 Å². The molecule has 1 aliphatic heterocycles. The highest BCUT2D eigenvalue weighted by Gasteiger charge is 2.74. The molecule has 1 amide bonds. The molecule has 1 saturated carbocycles. The largest absolute Gasteiger partial charge is 0.481 e. The van der Waals surface area contributed by atoms with E-state index < -0.39 is 11.4 Å². The second-order valence-corrected chi connectivity index (χ2v) is 4.52. The van der Waals surface area contributed by atoms with Crippen LogP contribution in [0.2, 0.25) is 0 Å². The first-order chi connectivity index (χ1) is 6.45. The van der Waals surface area contributed by atoms with Gasteiger partial charge in [-0.2, -0.15) is 0 Å². The Hall–Kier alpha value is -1.32. The summed E-state index contributed by atoms with van der Waals surface area (Å²) in [6.45, 7) is 6.21. The van der Waals surface area contributed by atoms with E-state index in [2.05, 4.69) is 6.58 Å². The van der Waals surface area contributed by atoms with Crippen LogP contribution < -0.4 is 0 Å². The molecule has 0 aromatic carbocycles. The number of carboxylic acid groups (broad SMARTS) is 1. The van der Waals surface area contributed by atoms with Crippen LogP contribution in [0.15, 0.2) is 12.7 Å². The second-order valence-electron chi connectivity index (χ2n) is 4.52. The van der Waals surface area contributed by atoms with E-state index in [1.165, 1.54) is 6.08 Å². The lowest BCUT2D eigenvalue weighted by molar-refractivity contribution is -0.144.